The first-order valence-electron chi connectivity index (χ1n) is 9.07. The van der Waals surface area contributed by atoms with Crippen LogP contribution < -0.4 is 5.32 Å². The Morgan fingerprint density at radius 1 is 1.20 bits per heavy atom. The summed E-state index contributed by atoms with van der Waals surface area (Å²) >= 11 is 1.24. The number of hydrogen-bond donors (Lipinski definition) is 1. The van der Waals surface area contributed by atoms with Gasteiger partial charge in [-0.3, -0.25) is 4.79 Å². The van der Waals surface area contributed by atoms with E-state index in [0.29, 0.717) is 30.1 Å². The van der Waals surface area contributed by atoms with E-state index in [1.54, 1.807) is 17.5 Å². The number of carbonyl (C=O) groups is 1. The van der Waals surface area contributed by atoms with Crippen molar-refractivity contribution in [3.05, 3.63) is 17.5 Å². The molecule has 1 aromatic rings. The van der Waals surface area contributed by atoms with E-state index < -0.39 is 10.0 Å². The molecule has 0 aromatic carbocycles. The van der Waals surface area contributed by atoms with Gasteiger partial charge in [0, 0.05) is 38.1 Å². The van der Waals surface area contributed by atoms with Crippen molar-refractivity contribution in [3.8, 4) is 0 Å². The first kappa shape index (κ1) is 18.8. The molecule has 2 aliphatic rings. The number of likely N-dealkylation sites (tertiary alicyclic amines) is 1. The van der Waals surface area contributed by atoms with Gasteiger partial charge >= 0.3 is 0 Å². The van der Waals surface area contributed by atoms with Gasteiger partial charge in [0.05, 0.1) is 0 Å². The predicted octanol–water partition coefficient (Wildman–Crippen LogP) is 1.75. The number of sulfonamides is 1. The Labute approximate surface area is 154 Å². The van der Waals surface area contributed by atoms with E-state index in [1.807, 2.05) is 0 Å². The molecule has 0 saturated carbocycles. The minimum atomic E-state index is -3.39. The summed E-state index contributed by atoms with van der Waals surface area (Å²) in [6.07, 6.45) is 3.21. The van der Waals surface area contributed by atoms with Crippen LogP contribution in [-0.4, -0.2) is 62.3 Å². The van der Waals surface area contributed by atoms with Gasteiger partial charge in [-0.15, -0.1) is 11.3 Å². The topological polar surface area (TPSA) is 69.7 Å². The van der Waals surface area contributed by atoms with Crippen molar-refractivity contribution in [1.82, 2.24) is 14.5 Å². The molecule has 3 rings (SSSR count). The van der Waals surface area contributed by atoms with E-state index in [-0.39, 0.29) is 17.9 Å². The third-order valence-electron chi connectivity index (χ3n) is 5.30. The zero-order valence-electron chi connectivity index (χ0n) is 14.7. The van der Waals surface area contributed by atoms with Gasteiger partial charge in [0.2, 0.25) is 5.91 Å². The average molecular weight is 386 g/mol. The number of carbonyl (C=O) groups excluding carboxylic acids is 1. The second-order valence-electron chi connectivity index (χ2n) is 6.83. The fourth-order valence-electron chi connectivity index (χ4n) is 3.61. The lowest BCUT2D eigenvalue weighted by molar-refractivity contribution is -0.127. The number of nitrogens with zero attached hydrogens (tertiary/aromatic N) is 2. The Hall–Kier alpha value is -0.960. The van der Waals surface area contributed by atoms with Crippen molar-refractivity contribution in [2.45, 2.75) is 42.9 Å². The minimum absolute atomic E-state index is 0.0704. The van der Waals surface area contributed by atoms with E-state index in [2.05, 4.69) is 17.1 Å². The normalized spacial score (nSPS) is 22.1. The van der Waals surface area contributed by atoms with Crippen molar-refractivity contribution >= 4 is 27.3 Å². The second kappa shape index (κ2) is 8.16. The summed E-state index contributed by atoms with van der Waals surface area (Å²) in [4.78, 5) is 14.9. The highest BCUT2D eigenvalue weighted by Gasteiger charge is 2.33. The zero-order valence-corrected chi connectivity index (χ0v) is 16.3. The summed E-state index contributed by atoms with van der Waals surface area (Å²) in [5, 5.41) is 4.96. The zero-order chi connectivity index (χ0) is 17.9. The molecule has 25 heavy (non-hydrogen) atoms. The number of nitrogens with one attached hydrogen (secondary N) is 1. The van der Waals surface area contributed by atoms with E-state index in [1.165, 1.54) is 15.6 Å². The standard InChI is InChI=1S/C17H27N3O3S2/c1-2-19-9-7-15(8-10-19)18-17(21)14-5-11-20(12-6-14)25(22,23)16-4-3-13-24-16/h3-4,13-15H,2,5-12H2,1H3,(H,18,21). The maximum absolute atomic E-state index is 12.5. The van der Waals surface area contributed by atoms with Gasteiger partial charge < -0.3 is 10.2 Å². The Bertz CT molecular complexity index is 659. The van der Waals surface area contributed by atoms with Crippen molar-refractivity contribution in [1.29, 1.82) is 0 Å². The molecule has 8 heteroatoms. The van der Waals surface area contributed by atoms with Gasteiger partial charge in [-0.05, 0) is 43.7 Å². The SMILES string of the molecule is CCN1CCC(NC(=O)C2CCN(S(=O)(=O)c3cccs3)CC2)CC1. The van der Waals surface area contributed by atoms with Crippen LogP contribution in [0.25, 0.3) is 0 Å². The van der Waals surface area contributed by atoms with Gasteiger partial charge in [-0.25, -0.2) is 8.42 Å². The molecule has 0 bridgehead atoms. The Morgan fingerprint density at radius 2 is 1.88 bits per heavy atom. The van der Waals surface area contributed by atoms with Crippen molar-refractivity contribution in [2.24, 2.45) is 5.92 Å². The lowest BCUT2D eigenvalue weighted by Crippen LogP contribution is -2.48. The Morgan fingerprint density at radius 3 is 2.44 bits per heavy atom. The van der Waals surface area contributed by atoms with Crippen LogP contribution in [0.2, 0.25) is 0 Å². The second-order valence-corrected chi connectivity index (χ2v) is 9.94. The highest BCUT2D eigenvalue weighted by Crippen LogP contribution is 2.26. The van der Waals surface area contributed by atoms with Crippen LogP contribution in [0.1, 0.15) is 32.6 Å². The first-order valence-corrected chi connectivity index (χ1v) is 11.4. The largest absolute Gasteiger partial charge is 0.353 e. The lowest BCUT2D eigenvalue weighted by atomic mass is 9.96. The molecule has 2 fully saturated rings. The molecule has 1 aromatic heterocycles. The van der Waals surface area contributed by atoms with Crippen molar-refractivity contribution in [2.75, 3.05) is 32.7 Å². The van der Waals surface area contributed by atoms with E-state index in [4.69, 9.17) is 0 Å². The van der Waals surface area contributed by atoms with Crippen LogP contribution in [0.15, 0.2) is 21.7 Å². The summed E-state index contributed by atoms with van der Waals surface area (Å²) < 4.78 is 27.0. The molecular weight excluding hydrogens is 358 g/mol. The molecule has 140 valence electrons. The monoisotopic (exact) mass is 385 g/mol. The van der Waals surface area contributed by atoms with Gasteiger partial charge in [-0.1, -0.05) is 13.0 Å². The third kappa shape index (κ3) is 4.42. The van der Waals surface area contributed by atoms with Gasteiger partial charge in [0.15, 0.2) is 0 Å². The van der Waals surface area contributed by atoms with E-state index in [0.717, 1.165) is 32.5 Å². The molecule has 0 spiro atoms. The van der Waals surface area contributed by atoms with Crippen LogP contribution in [0, 0.1) is 5.92 Å². The molecule has 6 nitrogen and oxygen atoms in total. The summed E-state index contributed by atoms with van der Waals surface area (Å²) in [5.41, 5.74) is 0. The molecule has 0 unspecified atom stereocenters. The lowest BCUT2D eigenvalue weighted by Gasteiger charge is -2.34. The van der Waals surface area contributed by atoms with Crippen LogP contribution in [0.5, 0.6) is 0 Å². The number of thiophene rings is 1. The fourth-order valence-corrected chi connectivity index (χ4v) is 6.22. The summed E-state index contributed by atoms with van der Waals surface area (Å²) in [6, 6.07) is 3.66. The fraction of sp³-hybridized carbons (Fsp3) is 0.706. The van der Waals surface area contributed by atoms with Crippen molar-refractivity contribution in [3.63, 3.8) is 0 Å². The highest BCUT2D eigenvalue weighted by molar-refractivity contribution is 7.91. The number of piperidine rings is 2. The van der Waals surface area contributed by atoms with E-state index >= 15 is 0 Å². The quantitative estimate of drug-likeness (QED) is 0.838. The summed E-state index contributed by atoms with van der Waals surface area (Å²) in [7, 11) is -3.39. The van der Waals surface area contributed by atoms with Gasteiger partial charge in [0.25, 0.3) is 10.0 Å². The van der Waals surface area contributed by atoms with E-state index in [9.17, 15) is 13.2 Å². The molecule has 1 amide bonds. The smallest absolute Gasteiger partial charge is 0.252 e. The highest BCUT2D eigenvalue weighted by atomic mass is 32.2. The first-order chi connectivity index (χ1) is 12.0. The molecule has 0 atom stereocenters. The Kier molecular flexibility index (Phi) is 6.14. The maximum Gasteiger partial charge on any atom is 0.252 e. The molecule has 1 N–H and O–H groups in total. The maximum atomic E-state index is 12.5. The van der Waals surface area contributed by atoms with Crippen molar-refractivity contribution < 1.29 is 13.2 Å². The summed E-state index contributed by atoms with van der Waals surface area (Å²) in [5.74, 6) is 0.0297. The molecule has 3 heterocycles. The minimum Gasteiger partial charge on any atom is -0.353 e. The van der Waals surface area contributed by atoms with Crippen LogP contribution in [0.4, 0.5) is 0 Å². The van der Waals surface area contributed by atoms with Gasteiger partial charge in [0.1, 0.15) is 4.21 Å². The molecular formula is C17H27N3O3S2. The van der Waals surface area contributed by atoms with Crippen LogP contribution >= 0.6 is 11.3 Å². The summed E-state index contributed by atoms with van der Waals surface area (Å²) in [6.45, 7) is 6.16. The average Bonchev–Trinajstić information content (AvgIpc) is 3.18. The number of hydrogen-bond acceptors (Lipinski definition) is 5. The molecule has 0 radical (unpaired) electrons. The predicted molar refractivity (Wildman–Crippen MR) is 99.1 cm³/mol. The van der Waals surface area contributed by atoms with Crippen LogP contribution in [0.3, 0.4) is 0 Å². The molecule has 2 aliphatic heterocycles. The molecule has 2 saturated heterocycles. The van der Waals surface area contributed by atoms with Gasteiger partial charge in [-0.2, -0.15) is 4.31 Å². The number of rotatable bonds is 5. The Balaban J connectivity index is 1.48. The molecule has 0 aliphatic carbocycles. The van der Waals surface area contributed by atoms with Crippen LogP contribution in [-0.2, 0) is 14.8 Å². The number of amides is 1. The third-order valence-corrected chi connectivity index (χ3v) is 8.57.